The Bertz CT molecular complexity index is 6590. The number of hydrogen-bond donors (Lipinski definition) is 0. The van der Waals surface area contributed by atoms with Gasteiger partial charge in [0.15, 0.2) is 109 Å². The van der Waals surface area contributed by atoms with E-state index < -0.39 is 107 Å². The summed E-state index contributed by atoms with van der Waals surface area (Å²) < 4.78 is 159. The smallest absolute Gasteiger partial charge is 0.242 e. The number of pyridine rings is 8. The second kappa shape index (κ2) is 47.6. The number of rotatable bonds is 36. The SMILES string of the molecule is COc1ccnc(OC)c1-n1c(CS(=O)(=O)[C@@H](C)[C@H](C)c2ncc(Cl)cn2)nnc1-c1cccnc1.COc1ccnc(OC)c1-n1c(CS(=O)(=O)[C@@H](C)[C@H](C)c2ncc(Cl)cn2)nnc1-c1cccnc1.COc1ccnc(OC)c1-n1c(CS(=O)(=O)[C@H](C)[C@@H](C)c2ncc(Cl)cn2)nnc1-c1cccnc1.COc1ccnc(OC)c1-n1c(CS(=O)(=O)[C@H](C)[C@@H](C)c2ncc(Cl)cn2)nnc1-c1cccnc1. The molecule has 0 spiro atoms. The predicted octanol–water partition coefficient (Wildman–Crippen LogP) is 13.2. The van der Waals surface area contributed by atoms with E-state index in [4.69, 9.17) is 84.3 Å². The zero-order valence-electron chi connectivity index (χ0n) is 80.1. The monoisotopic (exact) mass is 2120 g/mol. The van der Waals surface area contributed by atoms with Crippen LogP contribution in [0.3, 0.4) is 0 Å². The molecule has 52 heteroatoms. The fourth-order valence-corrected chi connectivity index (χ4v) is 21.2. The van der Waals surface area contributed by atoms with Crippen LogP contribution in [0, 0.1) is 0 Å². The number of aromatic nitrogens is 28. The molecule has 0 saturated heterocycles. The van der Waals surface area contributed by atoms with Gasteiger partial charge >= 0.3 is 0 Å². The second-order valence-corrected chi connectivity index (χ2v) is 43.0. The number of ether oxygens (including phenoxy) is 8. The molecule has 16 aromatic rings. The van der Waals surface area contributed by atoms with Crippen molar-refractivity contribution in [3.05, 3.63) is 263 Å². The lowest BCUT2D eigenvalue weighted by Gasteiger charge is -2.20. The van der Waals surface area contributed by atoms with Crippen molar-refractivity contribution in [3.63, 3.8) is 0 Å². The van der Waals surface area contributed by atoms with Gasteiger partial charge in [-0.1, -0.05) is 74.1 Å². The topological polar surface area (TPSA) is 539 Å². The van der Waals surface area contributed by atoms with Crippen LogP contribution in [0.2, 0.25) is 20.1 Å². The van der Waals surface area contributed by atoms with Crippen LogP contribution in [0.5, 0.6) is 46.5 Å². The van der Waals surface area contributed by atoms with E-state index in [-0.39, 0.29) is 46.8 Å². The Morgan fingerprint density at radius 3 is 0.597 bits per heavy atom. The van der Waals surface area contributed by atoms with Gasteiger partial charge in [0, 0.05) is 194 Å². The first-order valence-corrected chi connectivity index (χ1v) is 51.9. The second-order valence-electron chi connectivity index (χ2n) is 31.8. The molecule has 16 aromatic heterocycles. The highest BCUT2D eigenvalue weighted by Gasteiger charge is 2.40. The molecule has 0 bridgehead atoms. The molecule has 0 unspecified atom stereocenters. The minimum Gasteiger partial charge on any atom is -0.494 e. The van der Waals surface area contributed by atoms with Gasteiger partial charge in [-0.05, 0) is 76.2 Å². The number of sulfone groups is 4. The maximum absolute atomic E-state index is 13.6. The summed E-state index contributed by atoms with van der Waals surface area (Å²) in [4.78, 5) is 67.2. The number of nitrogens with zero attached hydrogens (tertiary/aromatic N) is 28. The van der Waals surface area contributed by atoms with Gasteiger partial charge in [0.1, 0.15) is 69.3 Å². The van der Waals surface area contributed by atoms with E-state index in [1.807, 2.05) is 0 Å². The van der Waals surface area contributed by atoms with E-state index in [1.165, 1.54) is 131 Å². The van der Waals surface area contributed by atoms with E-state index in [0.717, 1.165) is 0 Å². The van der Waals surface area contributed by atoms with Crippen LogP contribution < -0.4 is 37.9 Å². The van der Waals surface area contributed by atoms with Crippen molar-refractivity contribution in [1.29, 1.82) is 0 Å². The van der Waals surface area contributed by atoms with E-state index >= 15 is 0 Å². The summed E-state index contributed by atoms with van der Waals surface area (Å²) in [6, 6.07) is 20.8. The lowest BCUT2D eigenvalue weighted by molar-refractivity contribution is 0.378. The van der Waals surface area contributed by atoms with Crippen molar-refractivity contribution in [3.8, 4) is 115 Å². The molecule has 0 aliphatic carbocycles. The Hall–Kier alpha value is -14.6. The van der Waals surface area contributed by atoms with Gasteiger partial charge in [-0.15, -0.1) is 40.8 Å². The Labute approximate surface area is 848 Å². The molecule has 16 heterocycles. The average molecular weight is 2120 g/mol. The first kappa shape index (κ1) is 107. The van der Waals surface area contributed by atoms with E-state index in [0.29, 0.717) is 135 Å². The van der Waals surface area contributed by atoms with E-state index in [1.54, 1.807) is 196 Å². The molecule has 0 aliphatic heterocycles. The molecule has 0 N–H and O–H groups in total. The zero-order valence-corrected chi connectivity index (χ0v) is 86.4. The predicted molar refractivity (Wildman–Crippen MR) is 532 cm³/mol. The van der Waals surface area contributed by atoms with Gasteiger partial charge < -0.3 is 37.9 Å². The first-order chi connectivity index (χ1) is 69.0. The van der Waals surface area contributed by atoms with Crippen molar-refractivity contribution < 1.29 is 71.6 Å². The quantitative estimate of drug-likeness (QED) is 0.0352. The standard InChI is InChI=1S/4C23H24ClN7O4S/c4*1-14(21-27-11-17(24)12-28-21)15(2)36(32,33)13-19-29-30-22(16-6-5-8-25-10-16)31(19)20-18(34-3)7-9-26-23(20)35-4/h4*5-12,14-15H,13H2,1-4H3/t4*14-,15-/m1100/s1. The minimum absolute atomic E-state index is 0.162. The Morgan fingerprint density at radius 2 is 0.438 bits per heavy atom. The number of methoxy groups -OCH3 is 8. The van der Waals surface area contributed by atoms with Crippen molar-refractivity contribution in [2.24, 2.45) is 0 Å². The van der Waals surface area contributed by atoms with Crippen molar-refractivity contribution in [1.82, 2.24) is 139 Å². The summed E-state index contributed by atoms with van der Waals surface area (Å²) >= 11 is 23.5. The Morgan fingerprint density at radius 1 is 0.250 bits per heavy atom. The summed E-state index contributed by atoms with van der Waals surface area (Å²) in [5, 5.41) is 32.4. The summed E-state index contributed by atoms with van der Waals surface area (Å²) in [6.45, 7) is 13.5. The highest BCUT2D eigenvalue weighted by atomic mass is 35.5. The van der Waals surface area contributed by atoms with Gasteiger partial charge in [-0.25, -0.2) is 93.5 Å². The molecular formula is C92H96Cl4N28O16S4. The van der Waals surface area contributed by atoms with Crippen LogP contribution in [0.15, 0.2) is 197 Å². The molecular weight excluding hydrogens is 2020 g/mol. The number of hydrogen-bond acceptors (Lipinski definition) is 40. The van der Waals surface area contributed by atoms with Crippen molar-refractivity contribution in [2.45, 2.75) is 123 Å². The lowest BCUT2D eigenvalue weighted by Crippen LogP contribution is -2.27. The molecule has 0 fully saturated rings. The highest BCUT2D eigenvalue weighted by Crippen LogP contribution is 2.43. The Kier molecular flexibility index (Phi) is 35.2. The normalized spacial score (nSPS) is 13.2. The molecule has 8 atom stereocenters. The summed E-state index contributed by atoms with van der Waals surface area (Å²) in [5.74, 6) is 2.44. The van der Waals surface area contributed by atoms with Crippen LogP contribution in [-0.4, -0.2) is 250 Å². The molecule has 0 radical (unpaired) electrons. The molecule has 752 valence electrons. The minimum atomic E-state index is -3.76. The first-order valence-electron chi connectivity index (χ1n) is 43.5. The van der Waals surface area contributed by atoms with Crippen LogP contribution >= 0.6 is 46.4 Å². The molecule has 0 aromatic carbocycles. The maximum Gasteiger partial charge on any atom is 0.242 e. The fourth-order valence-electron chi connectivity index (χ4n) is 14.6. The molecule has 0 saturated carbocycles. The zero-order chi connectivity index (χ0) is 103. The maximum atomic E-state index is 13.6. The molecule has 16 rings (SSSR count). The average Bonchev–Trinajstić information content (AvgIpc) is 1.60. The lowest BCUT2D eigenvalue weighted by atomic mass is 10.1. The van der Waals surface area contributed by atoms with Crippen LogP contribution in [0.25, 0.3) is 68.3 Å². The van der Waals surface area contributed by atoms with Crippen LogP contribution in [-0.2, 0) is 62.4 Å². The van der Waals surface area contributed by atoms with Gasteiger partial charge in [0.05, 0.1) is 98.0 Å². The Balaban J connectivity index is 0.000000161. The van der Waals surface area contributed by atoms with E-state index in [2.05, 4.69) is 121 Å². The number of halogens is 4. The third-order valence-corrected chi connectivity index (χ3v) is 32.7. The molecule has 0 aliphatic rings. The third kappa shape index (κ3) is 24.3. The van der Waals surface area contributed by atoms with Crippen molar-refractivity contribution >= 4 is 85.8 Å². The highest BCUT2D eigenvalue weighted by molar-refractivity contribution is 7.92. The molecule has 144 heavy (non-hydrogen) atoms. The van der Waals surface area contributed by atoms with Gasteiger partial charge in [-0.3, -0.25) is 38.2 Å². The van der Waals surface area contributed by atoms with Crippen LogP contribution in [0.1, 0.15) is 126 Å². The van der Waals surface area contributed by atoms with Gasteiger partial charge in [0.2, 0.25) is 23.5 Å². The fraction of sp³-hybridized carbons (Fsp3) is 0.304. The third-order valence-electron chi connectivity index (χ3n) is 23.2. The molecule has 44 nitrogen and oxygen atoms in total. The summed E-state index contributed by atoms with van der Waals surface area (Å²) in [6.07, 6.45) is 30.6. The van der Waals surface area contributed by atoms with E-state index in [9.17, 15) is 33.7 Å². The summed E-state index contributed by atoms with van der Waals surface area (Å²) in [7, 11) is -3.20. The van der Waals surface area contributed by atoms with Gasteiger partial charge in [0.25, 0.3) is 0 Å². The largest absolute Gasteiger partial charge is 0.494 e. The molecule has 0 amide bonds. The van der Waals surface area contributed by atoms with Crippen LogP contribution in [0.4, 0.5) is 0 Å². The van der Waals surface area contributed by atoms with Gasteiger partial charge in [-0.2, -0.15) is 0 Å². The van der Waals surface area contributed by atoms with Crippen molar-refractivity contribution in [2.75, 3.05) is 56.9 Å². The summed E-state index contributed by atoms with van der Waals surface area (Å²) in [5.41, 5.74) is 3.98.